The van der Waals surface area contributed by atoms with Gasteiger partial charge in [0.05, 0.1) is 7.11 Å². The minimum absolute atomic E-state index is 0.134. The Kier molecular flexibility index (Phi) is 5.70. The number of rotatable bonds is 6. The number of Topliss-reactive ketones (excluding diaryl/α,β-unsaturated/α-hetero) is 2. The van der Waals surface area contributed by atoms with Gasteiger partial charge in [0.15, 0.2) is 5.78 Å². The molecule has 1 atom stereocenters. The molecule has 0 spiro atoms. The minimum atomic E-state index is -1.08. The first kappa shape index (κ1) is 15.4. The largest absolute Gasteiger partial charge is 0.468 e. The van der Waals surface area contributed by atoms with Crippen molar-refractivity contribution in [1.29, 1.82) is 0 Å². The van der Waals surface area contributed by atoms with E-state index in [1.807, 2.05) is 0 Å². The molecule has 5 heteroatoms. The SMILES string of the molecule is CCC(=O)CC(C(=O)OC)C(=O)c1ccc(Cl)cc1. The molecule has 0 radical (unpaired) electrons. The van der Waals surface area contributed by atoms with Gasteiger partial charge < -0.3 is 4.74 Å². The van der Waals surface area contributed by atoms with E-state index in [-0.39, 0.29) is 18.6 Å². The van der Waals surface area contributed by atoms with Crippen LogP contribution in [0.3, 0.4) is 0 Å². The fraction of sp³-hybridized carbons (Fsp3) is 0.357. The topological polar surface area (TPSA) is 60.4 Å². The third-order valence-electron chi connectivity index (χ3n) is 2.76. The second kappa shape index (κ2) is 7.04. The number of ether oxygens (including phenoxy) is 1. The Morgan fingerprint density at radius 2 is 1.79 bits per heavy atom. The van der Waals surface area contributed by atoms with Gasteiger partial charge in [0.2, 0.25) is 0 Å². The summed E-state index contributed by atoms with van der Waals surface area (Å²) in [6, 6.07) is 6.17. The van der Waals surface area contributed by atoms with Gasteiger partial charge in [-0.15, -0.1) is 0 Å². The molecule has 4 nitrogen and oxygen atoms in total. The van der Waals surface area contributed by atoms with Crippen molar-refractivity contribution in [3.8, 4) is 0 Å². The van der Waals surface area contributed by atoms with Crippen LogP contribution in [-0.4, -0.2) is 24.6 Å². The van der Waals surface area contributed by atoms with Crippen LogP contribution >= 0.6 is 11.6 Å². The molecular weight excluding hydrogens is 268 g/mol. The number of carbonyl (C=O) groups excluding carboxylic acids is 3. The van der Waals surface area contributed by atoms with Crippen LogP contribution in [-0.2, 0) is 14.3 Å². The lowest BCUT2D eigenvalue weighted by Crippen LogP contribution is -2.28. The summed E-state index contributed by atoms with van der Waals surface area (Å²) in [6.07, 6.45) is 0.145. The first-order valence-electron chi connectivity index (χ1n) is 5.88. The Balaban J connectivity index is 2.96. The van der Waals surface area contributed by atoms with Crippen molar-refractivity contribution in [2.24, 2.45) is 5.92 Å². The number of esters is 1. The summed E-state index contributed by atoms with van der Waals surface area (Å²) in [5, 5.41) is 0.496. The predicted octanol–water partition coefficient (Wildman–Crippen LogP) is 2.68. The summed E-state index contributed by atoms with van der Waals surface area (Å²) in [6.45, 7) is 1.68. The van der Waals surface area contributed by atoms with Crippen molar-refractivity contribution in [3.63, 3.8) is 0 Å². The summed E-state index contributed by atoms with van der Waals surface area (Å²) in [5.41, 5.74) is 0.337. The summed E-state index contributed by atoms with van der Waals surface area (Å²) in [7, 11) is 1.20. The molecule has 0 N–H and O–H groups in total. The molecule has 1 rings (SSSR count). The zero-order valence-electron chi connectivity index (χ0n) is 10.8. The van der Waals surface area contributed by atoms with Crippen LogP contribution in [0.4, 0.5) is 0 Å². The van der Waals surface area contributed by atoms with E-state index in [9.17, 15) is 14.4 Å². The third-order valence-corrected chi connectivity index (χ3v) is 3.01. The monoisotopic (exact) mass is 282 g/mol. The fourth-order valence-electron chi connectivity index (χ4n) is 1.61. The molecule has 1 aromatic carbocycles. The molecule has 102 valence electrons. The Hall–Kier alpha value is -1.68. The summed E-state index contributed by atoms with van der Waals surface area (Å²) in [5.74, 6) is -2.36. The van der Waals surface area contributed by atoms with Crippen LogP contribution in [0.25, 0.3) is 0 Å². The number of hydrogen-bond acceptors (Lipinski definition) is 4. The van der Waals surface area contributed by atoms with E-state index in [1.165, 1.54) is 19.2 Å². The lowest BCUT2D eigenvalue weighted by Gasteiger charge is -2.12. The minimum Gasteiger partial charge on any atom is -0.468 e. The van der Waals surface area contributed by atoms with Crippen molar-refractivity contribution in [2.75, 3.05) is 7.11 Å². The van der Waals surface area contributed by atoms with Crippen LogP contribution in [0.1, 0.15) is 30.1 Å². The molecule has 0 aliphatic heterocycles. The van der Waals surface area contributed by atoms with Gasteiger partial charge in [0, 0.05) is 23.4 Å². The van der Waals surface area contributed by atoms with Crippen molar-refractivity contribution in [2.45, 2.75) is 19.8 Å². The van der Waals surface area contributed by atoms with Gasteiger partial charge in [0.1, 0.15) is 11.7 Å². The van der Waals surface area contributed by atoms with E-state index < -0.39 is 17.7 Å². The van der Waals surface area contributed by atoms with Crippen LogP contribution in [0.15, 0.2) is 24.3 Å². The second-order valence-corrected chi connectivity index (χ2v) is 4.48. The maximum absolute atomic E-state index is 12.2. The van der Waals surface area contributed by atoms with Gasteiger partial charge in [0.25, 0.3) is 0 Å². The molecule has 0 aromatic heterocycles. The smallest absolute Gasteiger partial charge is 0.317 e. The number of benzene rings is 1. The molecule has 1 aromatic rings. The highest BCUT2D eigenvalue weighted by Gasteiger charge is 2.30. The van der Waals surface area contributed by atoms with E-state index in [2.05, 4.69) is 4.74 Å². The van der Waals surface area contributed by atoms with Gasteiger partial charge in [-0.2, -0.15) is 0 Å². The van der Waals surface area contributed by atoms with Gasteiger partial charge in [-0.1, -0.05) is 18.5 Å². The maximum Gasteiger partial charge on any atom is 0.317 e. The summed E-state index contributed by atoms with van der Waals surface area (Å²) in [4.78, 5) is 35.3. The third kappa shape index (κ3) is 4.17. The molecule has 19 heavy (non-hydrogen) atoms. The number of methoxy groups -OCH3 is 1. The highest BCUT2D eigenvalue weighted by atomic mass is 35.5. The number of ketones is 2. The normalized spacial score (nSPS) is 11.7. The average Bonchev–Trinajstić information content (AvgIpc) is 2.43. The van der Waals surface area contributed by atoms with Gasteiger partial charge in [-0.3, -0.25) is 14.4 Å². The van der Waals surface area contributed by atoms with Crippen LogP contribution in [0.5, 0.6) is 0 Å². The Labute approximate surface area is 116 Å². The van der Waals surface area contributed by atoms with Crippen LogP contribution in [0, 0.1) is 5.92 Å². The second-order valence-electron chi connectivity index (χ2n) is 4.04. The molecule has 0 aliphatic carbocycles. The predicted molar refractivity (Wildman–Crippen MR) is 71.2 cm³/mol. The molecular formula is C14H15ClO4. The molecule has 0 saturated heterocycles. The maximum atomic E-state index is 12.2. The van der Waals surface area contributed by atoms with E-state index in [4.69, 9.17) is 11.6 Å². The van der Waals surface area contributed by atoms with Crippen molar-refractivity contribution >= 4 is 29.1 Å². The molecule has 0 saturated carbocycles. The molecule has 0 amide bonds. The Morgan fingerprint density at radius 3 is 2.26 bits per heavy atom. The lowest BCUT2D eigenvalue weighted by atomic mass is 9.92. The molecule has 0 bridgehead atoms. The number of halogens is 1. The molecule has 1 unspecified atom stereocenters. The highest BCUT2D eigenvalue weighted by molar-refractivity contribution is 6.30. The van der Waals surface area contributed by atoms with E-state index in [1.54, 1.807) is 19.1 Å². The Morgan fingerprint density at radius 1 is 1.21 bits per heavy atom. The van der Waals surface area contributed by atoms with E-state index in [0.717, 1.165) is 0 Å². The fourth-order valence-corrected chi connectivity index (χ4v) is 1.74. The quantitative estimate of drug-likeness (QED) is 0.457. The van der Waals surface area contributed by atoms with Gasteiger partial charge >= 0.3 is 5.97 Å². The summed E-state index contributed by atoms with van der Waals surface area (Å²) >= 11 is 5.74. The highest BCUT2D eigenvalue weighted by Crippen LogP contribution is 2.17. The number of hydrogen-bond donors (Lipinski definition) is 0. The zero-order valence-corrected chi connectivity index (χ0v) is 11.6. The Bertz CT molecular complexity index is 479. The van der Waals surface area contributed by atoms with Crippen molar-refractivity contribution in [1.82, 2.24) is 0 Å². The van der Waals surface area contributed by atoms with Crippen molar-refractivity contribution in [3.05, 3.63) is 34.9 Å². The van der Waals surface area contributed by atoms with Gasteiger partial charge in [-0.25, -0.2) is 0 Å². The zero-order chi connectivity index (χ0) is 14.4. The van der Waals surface area contributed by atoms with Crippen LogP contribution < -0.4 is 0 Å². The molecule has 0 heterocycles. The van der Waals surface area contributed by atoms with E-state index in [0.29, 0.717) is 10.6 Å². The lowest BCUT2D eigenvalue weighted by molar-refractivity contribution is -0.145. The molecule has 0 aliphatic rings. The standard InChI is InChI=1S/C14H15ClO4/c1-3-11(16)8-12(14(18)19-2)13(17)9-4-6-10(15)7-5-9/h4-7,12H,3,8H2,1-2H3. The van der Waals surface area contributed by atoms with E-state index >= 15 is 0 Å². The van der Waals surface area contributed by atoms with Crippen LogP contribution in [0.2, 0.25) is 5.02 Å². The summed E-state index contributed by atoms with van der Waals surface area (Å²) < 4.78 is 4.59. The first-order chi connectivity index (χ1) is 8.99. The number of carbonyl (C=O) groups is 3. The van der Waals surface area contributed by atoms with Gasteiger partial charge in [-0.05, 0) is 24.3 Å². The molecule has 0 fully saturated rings. The van der Waals surface area contributed by atoms with Crippen molar-refractivity contribution < 1.29 is 19.1 Å². The average molecular weight is 283 g/mol. The first-order valence-corrected chi connectivity index (χ1v) is 6.26.